The van der Waals surface area contributed by atoms with Crippen molar-refractivity contribution < 1.29 is 5.11 Å². The second-order valence-electron chi connectivity index (χ2n) is 5.18. The zero-order chi connectivity index (χ0) is 12.7. The number of hydrogen-bond acceptors (Lipinski definition) is 3. The van der Waals surface area contributed by atoms with Gasteiger partial charge in [0.25, 0.3) is 0 Å². The Morgan fingerprint density at radius 3 is 2.94 bits per heavy atom. The van der Waals surface area contributed by atoms with E-state index >= 15 is 0 Å². The highest BCUT2D eigenvalue weighted by molar-refractivity contribution is 5.77. The third kappa shape index (κ3) is 1.91. The Balaban J connectivity index is 2.14. The van der Waals surface area contributed by atoms with Crippen molar-refractivity contribution in [1.82, 2.24) is 9.55 Å². The van der Waals surface area contributed by atoms with Crippen molar-refractivity contribution in [2.24, 2.45) is 5.73 Å². The van der Waals surface area contributed by atoms with Crippen LogP contribution in [0.4, 0.5) is 0 Å². The standard InChI is InChI=1S/C14H19N3O/c1-9-2-5-13-12(8-9)16-14(11(15)6-7-18)17(13)10-3-4-10/h2,5,8,10-11,18H,3-4,6-7,15H2,1H3. The van der Waals surface area contributed by atoms with Crippen LogP contribution >= 0.6 is 0 Å². The average Bonchev–Trinajstić information content (AvgIpc) is 3.10. The number of imidazole rings is 1. The number of aliphatic hydroxyl groups is 1. The maximum Gasteiger partial charge on any atom is 0.127 e. The number of nitrogens with two attached hydrogens (primary N) is 1. The van der Waals surface area contributed by atoms with E-state index in [2.05, 4.69) is 34.7 Å². The van der Waals surface area contributed by atoms with E-state index in [-0.39, 0.29) is 12.6 Å². The number of benzene rings is 1. The molecule has 1 aromatic carbocycles. The first kappa shape index (κ1) is 11.7. The molecule has 1 aliphatic carbocycles. The maximum absolute atomic E-state index is 9.05. The van der Waals surface area contributed by atoms with Crippen molar-refractivity contribution in [2.45, 2.75) is 38.3 Å². The lowest BCUT2D eigenvalue weighted by molar-refractivity contribution is 0.273. The van der Waals surface area contributed by atoms with E-state index in [1.807, 2.05) is 0 Å². The summed E-state index contributed by atoms with van der Waals surface area (Å²) in [5.41, 5.74) is 9.54. The number of hydrogen-bond donors (Lipinski definition) is 2. The van der Waals surface area contributed by atoms with Crippen LogP contribution in [-0.2, 0) is 0 Å². The number of aromatic nitrogens is 2. The van der Waals surface area contributed by atoms with Crippen LogP contribution in [0.1, 0.15) is 42.7 Å². The number of aryl methyl sites for hydroxylation is 1. The summed E-state index contributed by atoms with van der Waals surface area (Å²) in [4.78, 5) is 4.68. The molecular formula is C14H19N3O. The molecule has 1 aliphatic rings. The van der Waals surface area contributed by atoms with E-state index in [9.17, 15) is 0 Å². The van der Waals surface area contributed by atoms with Crippen molar-refractivity contribution in [1.29, 1.82) is 0 Å². The minimum Gasteiger partial charge on any atom is -0.396 e. The quantitative estimate of drug-likeness (QED) is 0.866. The van der Waals surface area contributed by atoms with Crippen LogP contribution < -0.4 is 5.73 Å². The predicted octanol–water partition coefficient (Wildman–Crippen LogP) is 2.06. The summed E-state index contributed by atoms with van der Waals surface area (Å²) in [7, 11) is 0. The molecule has 0 radical (unpaired) electrons. The van der Waals surface area contributed by atoms with Crippen molar-refractivity contribution in [3.8, 4) is 0 Å². The Labute approximate surface area is 106 Å². The van der Waals surface area contributed by atoms with Crippen LogP contribution in [0, 0.1) is 6.92 Å². The maximum atomic E-state index is 9.05. The van der Waals surface area contributed by atoms with Gasteiger partial charge in [-0.25, -0.2) is 4.98 Å². The molecule has 4 nitrogen and oxygen atoms in total. The zero-order valence-electron chi connectivity index (χ0n) is 10.6. The van der Waals surface area contributed by atoms with Gasteiger partial charge in [0, 0.05) is 12.6 Å². The van der Waals surface area contributed by atoms with Crippen LogP contribution in [0.25, 0.3) is 11.0 Å². The fourth-order valence-corrected chi connectivity index (χ4v) is 2.47. The molecular weight excluding hydrogens is 226 g/mol. The van der Waals surface area contributed by atoms with Gasteiger partial charge in [-0.1, -0.05) is 6.07 Å². The Morgan fingerprint density at radius 2 is 2.28 bits per heavy atom. The Bertz CT molecular complexity index is 572. The molecule has 0 spiro atoms. The summed E-state index contributed by atoms with van der Waals surface area (Å²) in [6.45, 7) is 2.18. The first-order chi connectivity index (χ1) is 8.70. The highest BCUT2D eigenvalue weighted by Crippen LogP contribution is 2.40. The monoisotopic (exact) mass is 245 g/mol. The van der Waals surface area contributed by atoms with E-state index in [0.29, 0.717) is 12.5 Å². The summed E-state index contributed by atoms with van der Waals surface area (Å²) < 4.78 is 2.27. The third-order valence-electron chi connectivity index (χ3n) is 3.56. The van der Waals surface area contributed by atoms with Gasteiger partial charge in [0.15, 0.2) is 0 Å². The smallest absolute Gasteiger partial charge is 0.127 e. The fourth-order valence-electron chi connectivity index (χ4n) is 2.47. The normalized spacial score (nSPS) is 17.3. The molecule has 3 N–H and O–H groups in total. The van der Waals surface area contributed by atoms with Gasteiger partial charge in [-0.05, 0) is 43.9 Å². The minimum atomic E-state index is -0.177. The molecule has 0 bridgehead atoms. The second kappa shape index (κ2) is 4.37. The van der Waals surface area contributed by atoms with E-state index in [1.165, 1.54) is 23.9 Å². The second-order valence-corrected chi connectivity index (χ2v) is 5.18. The summed E-state index contributed by atoms with van der Waals surface area (Å²) in [6.07, 6.45) is 2.98. The third-order valence-corrected chi connectivity index (χ3v) is 3.56. The number of aliphatic hydroxyl groups excluding tert-OH is 1. The summed E-state index contributed by atoms with van der Waals surface area (Å²) in [5, 5.41) is 9.05. The molecule has 1 heterocycles. The van der Waals surface area contributed by atoms with Crippen LogP contribution in [-0.4, -0.2) is 21.3 Å². The lowest BCUT2D eigenvalue weighted by atomic mass is 10.2. The largest absolute Gasteiger partial charge is 0.396 e. The summed E-state index contributed by atoms with van der Waals surface area (Å²) >= 11 is 0. The van der Waals surface area contributed by atoms with E-state index < -0.39 is 0 Å². The molecule has 0 aliphatic heterocycles. The summed E-state index contributed by atoms with van der Waals surface area (Å²) in [6, 6.07) is 6.72. The minimum absolute atomic E-state index is 0.105. The Kier molecular flexibility index (Phi) is 2.84. The van der Waals surface area contributed by atoms with Gasteiger partial charge in [-0.15, -0.1) is 0 Å². The van der Waals surface area contributed by atoms with Gasteiger partial charge in [0.1, 0.15) is 5.82 Å². The highest BCUT2D eigenvalue weighted by Gasteiger charge is 2.29. The molecule has 18 heavy (non-hydrogen) atoms. The lowest BCUT2D eigenvalue weighted by Crippen LogP contribution is -2.17. The highest BCUT2D eigenvalue weighted by atomic mass is 16.3. The van der Waals surface area contributed by atoms with Crippen LogP contribution in [0.2, 0.25) is 0 Å². The summed E-state index contributed by atoms with van der Waals surface area (Å²) in [5.74, 6) is 0.923. The Morgan fingerprint density at radius 1 is 1.50 bits per heavy atom. The molecule has 2 aromatic rings. The SMILES string of the molecule is Cc1ccc2c(c1)nc(C(N)CCO)n2C1CC1. The first-order valence-electron chi connectivity index (χ1n) is 6.55. The number of nitrogens with zero attached hydrogens (tertiary/aromatic N) is 2. The van der Waals surface area contributed by atoms with Gasteiger partial charge in [-0.3, -0.25) is 0 Å². The van der Waals surface area contributed by atoms with E-state index in [0.717, 1.165) is 11.3 Å². The molecule has 0 saturated heterocycles. The van der Waals surface area contributed by atoms with Crippen molar-refractivity contribution in [2.75, 3.05) is 6.61 Å². The molecule has 1 fully saturated rings. The fraction of sp³-hybridized carbons (Fsp3) is 0.500. The van der Waals surface area contributed by atoms with Crippen molar-refractivity contribution in [3.63, 3.8) is 0 Å². The predicted molar refractivity (Wildman–Crippen MR) is 71.4 cm³/mol. The van der Waals surface area contributed by atoms with Crippen molar-refractivity contribution in [3.05, 3.63) is 29.6 Å². The van der Waals surface area contributed by atoms with Crippen LogP contribution in [0.3, 0.4) is 0 Å². The molecule has 1 aromatic heterocycles. The zero-order valence-corrected chi connectivity index (χ0v) is 10.6. The topological polar surface area (TPSA) is 64.1 Å². The molecule has 1 atom stereocenters. The molecule has 4 heteroatoms. The lowest BCUT2D eigenvalue weighted by Gasteiger charge is -2.13. The van der Waals surface area contributed by atoms with Gasteiger partial charge < -0.3 is 15.4 Å². The molecule has 96 valence electrons. The molecule has 3 rings (SSSR count). The van der Waals surface area contributed by atoms with E-state index in [1.54, 1.807) is 0 Å². The van der Waals surface area contributed by atoms with E-state index in [4.69, 9.17) is 10.8 Å². The average molecular weight is 245 g/mol. The van der Waals surface area contributed by atoms with Gasteiger partial charge >= 0.3 is 0 Å². The Hall–Kier alpha value is -1.39. The number of rotatable bonds is 4. The molecule has 0 amide bonds. The van der Waals surface area contributed by atoms with Crippen LogP contribution in [0.15, 0.2) is 18.2 Å². The first-order valence-corrected chi connectivity index (χ1v) is 6.55. The molecule has 1 saturated carbocycles. The van der Waals surface area contributed by atoms with Crippen molar-refractivity contribution >= 4 is 11.0 Å². The molecule has 1 unspecified atom stereocenters. The van der Waals surface area contributed by atoms with Gasteiger partial charge in [-0.2, -0.15) is 0 Å². The van der Waals surface area contributed by atoms with Crippen LogP contribution in [0.5, 0.6) is 0 Å². The number of fused-ring (bicyclic) bond motifs is 1. The van der Waals surface area contributed by atoms with Gasteiger partial charge in [0.2, 0.25) is 0 Å². The van der Waals surface area contributed by atoms with Gasteiger partial charge in [0.05, 0.1) is 17.1 Å².